The minimum Gasteiger partial charge on any atom is -0.452 e. The van der Waals surface area contributed by atoms with Crippen molar-refractivity contribution >= 4 is 16.3 Å². The van der Waals surface area contributed by atoms with E-state index in [-0.39, 0.29) is 0 Å². The molecule has 0 heterocycles. The van der Waals surface area contributed by atoms with Gasteiger partial charge in [-0.2, -0.15) is 17.0 Å². The predicted molar refractivity (Wildman–Crippen MR) is 47.4 cm³/mol. The first-order valence-electron chi connectivity index (χ1n) is 3.66. The zero-order valence-electron chi connectivity index (χ0n) is 8.14. The Bertz CT molecular complexity index is 274. The SMILES string of the molecule is CCN(C)S(=O)(=O)N(C)C(=O)OC. The number of nitrogens with zero attached hydrogens (tertiary/aromatic N) is 2. The molecule has 0 rings (SSSR count). The quantitative estimate of drug-likeness (QED) is 0.651. The van der Waals surface area contributed by atoms with Gasteiger partial charge in [-0.1, -0.05) is 6.92 Å². The Labute approximate surface area is 78.3 Å². The molecular formula is C6H14N2O4S. The second-order valence-electron chi connectivity index (χ2n) is 2.36. The molecule has 0 aromatic heterocycles. The van der Waals surface area contributed by atoms with Gasteiger partial charge in [-0.15, -0.1) is 0 Å². The minimum atomic E-state index is -3.71. The van der Waals surface area contributed by atoms with Crippen LogP contribution < -0.4 is 0 Å². The molecule has 0 N–H and O–H groups in total. The lowest BCUT2D eigenvalue weighted by Gasteiger charge is -2.21. The van der Waals surface area contributed by atoms with E-state index in [1.807, 2.05) is 0 Å². The Hall–Kier alpha value is -0.820. The lowest BCUT2D eigenvalue weighted by molar-refractivity contribution is 0.153. The Morgan fingerprint density at radius 3 is 2.15 bits per heavy atom. The molecule has 0 unspecified atom stereocenters. The van der Waals surface area contributed by atoms with Crippen LogP contribution in [0.15, 0.2) is 0 Å². The molecule has 0 atom stereocenters. The number of amides is 1. The maximum absolute atomic E-state index is 11.4. The Balaban J connectivity index is 4.75. The van der Waals surface area contributed by atoms with Crippen molar-refractivity contribution < 1.29 is 17.9 Å². The molecule has 0 aliphatic rings. The number of hydrogen-bond acceptors (Lipinski definition) is 4. The monoisotopic (exact) mass is 210 g/mol. The summed E-state index contributed by atoms with van der Waals surface area (Å²) < 4.78 is 28.7. The molecule has 0 aromatic rings. The number of carbonyl (C=O) groups is 1. The van der Waals surface area contributed by atoms with Crippen LogP contribution in [0, 0.1) is 0 Å². The maximum Gasteiger partial charge on any atom is 0.424 e. The lowest BCUT2D eigenvalue weighted by Crippen LogP contribution is -2.42. The van der Waals surface area contributed by atoms with Crippen molar-refractivity contribution in [3.8, 4) is 0 Å². The average molecular weight is 210 g/mol. The van der Waals surface area contributed by atoms with Gasteiger partial charge in [-0.3, -0.25) is 0 Å². The highest BCUT2D eigenvalue weighted by Crippen LogP contribution is 2.04. The van der Waals surface area contributed by atoms with Crippen molar-refractivity contribution in [3.63, 3.8) is 0 Å². The average Bonchev–Trinajstić information content (AvgIpc) is 2.13. The van der Waals surface area contributed by atoms with Crippen LogP contribution >= 0.6 is 0 Å². The molecule has 0 aromatic carbocycles. The second kappa shape index (κ2) is 4.43. The van der Waals surface area contributed by atoms with E-state index in [2.05, 4.69) is 4.74 Å². The van der Waals surface area contributed by atoms with Crippen LogP contribution in [0.5, 0.6) is 0 Å². The van der Waals surface area contributed by atoms with Gasteiger partial charge >= 0.3 is 16.3 Å². The molecule has 0 bridgehead atoms. The molecule has 0 aliphatic heterocycles. The summed E-state index contributed by atoms with van der Waals surface area (Å²) in [5.41, 5.74) is 0. The number of hydrogen-bond donors (Lipinski definition) is 0. The van der Waals surface area contributed by atoms with Crippen LogP contribution in [-0.2, 0) is 14.9 Å². The molecule has 6 nitrogen and oxygen atoms in total. The van der Waals surface area contributed by atoms with Gasteiger partial charge in [0.05, 0.1) is 7.11 Å². The van der Waals surface area contributed by atoms with E-state index in [9.17, 15) is 13.2 Å². The zero-order valence-corrected chi connectivity index (χ0v) is 8.96. The van der Waals surface area contributed by atoms with Gasteiger partial charge in [0.25, 0.3) is 0 Å². The summed E-state index contributed by atoms with van der Waals surface area (Å²) in [6, 6.07) is 0. The van der Waals surface area contributed by atoms with E-state index in [1.165, 1.54) is 7.05 Å². The summed E-state index contributed by atoms with van der Waals surface area (Å²) in [7, 11) is -0.0531. The molecular weight excluding hydrogens is 196 g/mol. The first-order valence-corrected chi connectivity index (χ1v) is 5.05. The zero-order chi connectivity index (χ0) is 10.6. The maximum atomic E-state index is 11.4. The van der Waals surface area contributed by atoms with Gasteiger partial charge in [0, 0.05) is 20.6 Å². The van der Waals surface area contributed by atoms with E-state index in [0.717, 1.165) is 18.5 Å². The molecule has 0 saturated heterocycles. The number of carbonyl (C=O) groups excluding carboxylic acids is 1. The van der Waals surface area contributed by atoms with E-state index in [1.54, 1.807) is 6.92 Å². The first kappa shape index (κ1) is 12.2. The van der Waals surface area contributed by atoms with Gasteiger partial charge in [0.1, 0.15) is 0 Å². The van der Waals surface area contributed by atoms with E-state index in [0.29, 0.717) is 10.8 Å². The summed E-state index contributed by atoms with van der Waals surface area (Å²) >= 11 is 0. The van der Waals surface area contributed by atoms with E-state index in [4.69, 9.17) is 0 Å². The third kappa shape index (κ3) is 2.56. The van der Waals surface area contributed by atoms with E-state index >= 15 is 0 Å². The van der Waals surface area contributed by atoms with Crippen LogP contribution in [0.1, 0.15) is 6.92 Å². The highest BCUT2D eigenvalue weighted by Gasteiger charge is 2.27. The van der Waals surface area contributed by atoms with Crippen molar-refractivity contribution in [2.24, 2.45) is 0 Å². The molecule has 0 aliphatic carbocycles. The summed E-state index contributed by atoms with van der Waals surface area (Å²) in [4.78, 5) is 10.9. The fourth-order valence-electron chi connectivity index (χ4n) is 0.595. The molecule has 1 amide bonds. The largest absolute Gasteiger partial charge is 0.452 e. The van der Waals surface area contributed by atoms with Crippen LogP contribution in [0.2, 0.25) is 0 Å². The number of ether oxygens (including phenoxy) is 1. The Morgan fingerprint density at radius 1 is 1.38 bits per heavy atom. The van der Waals surface area contributed by atoms with Crippen molar-refractivity contribution in [2.75, 3.05) is 27.7 Å². The Kier molecular flexibility index (Phi) is 4.15. The van der Waals surface area contributed by atoms with Gasteiger partial charge in [-0.05, 0) is 0 Å². The predicted octanol–water partition coefficient (Wildman–Crippen LogP) is -0.119. The minimum absolute atomic E-state index is 0.295. The normalized spacial score (nSPS) is 11.5. The third-order valence-electron chi connectivity index (χ3n) is 1.62. The number of rotatable bonds is 3. The molecule has 0 spiro atoms. The van der Waals surface area contributed by atoms with Crippen molar-refractivity contribution in [1.82, 2.24) is 8.61 Å². The topological polar surface area (TPSA) is 66.9 Å². The standard InChI is InChI=1S/C6H14N2O4S/c1-5-7(2)13(10,11)8(3)6(9)12-4/h5H2,1-4H3. The van der Waals surface area contributed by atoms with Crippen LogP contribution in [0.4, 0.5) is 4.79 Å². The lowest BCUT2D eigenvalue weighted by atomic mass is 10.8. The Morgan fingerprint density at radius 2 is 1.85 bits per heavy atom. The van der Waals surface area contributed by atoms with Crippen LogP contribution in [-0.4, -0.2) is 50.9 Å². The second-order valence-corrected chi connectivity index (χ2v) is 4.43. The molecule has 13 heavy (non-hydrogen) atoms. The summed E-state index contributed by atoms with van der Waals surface area (Å²) in [5, 5.41) is 0. The molecule has 0 fully saturated rings. The third-order valence-corrected chi connectivity index (χ3v) is 3.50. The molecule has 7 heteroatoms. The smallest absolute Gasteiger partial charge is 0.424 e. The first-order chi connectivity index (χ1) is 5.87. The highest BCUT2D eigenvalue weighted by molar-refractivity contribution is 7.87. The van der Waals surface area contributed by atoms with Gasteiger partial charge < -0.3 is 4.74 Å². The fraction of sp³-hybridized carbons (Fsp3) is 0.833. The summed E-state index contributed by atoms with van der Waals surface area (Å²) in [6.45, 7) is 1.96. The van der Waals surface area contributed by atoms with Gasteiger partial charge in [0.15, 0.2) is 0 Å². The number of methoxy groups -OCH3 is 1. The van der Waals surface area contributed by atoms with Crippen LogP contribution in [0.3, 0.4) is 0 Å². The summed E-state index contributed by atoms with van der Waals surface area (Å²) in [5.74, 6) is 0. The van der Waals surface area contributed by atoms with Crippen LogP contribution in [0.25, 0.3) is 0 Å². The molecule has 0 radical (unpaired) electrons. The molecule has 78 valence electrons. The van der Waals surface area contributed by atoms with Crippen molar-refractivity contribution in [3.05, 3.63) is 0 Å². The molecule has 0 saturated carbocycles. The summed E-state index contributed by atoms with van der Waals surface area (Å²) in [6.07, 6.45) is -0.903. The van der Waals surface area contributed by atoms with Gasteiger partial charge in [0.2, 0.25) is 0 Å². The van der Waals surface area contributed by atoms with Crippen molar-refractivity contribution in [1.29, 1.82) is 0 Å². The van der Waals surface area contributed by atoms with E-state index < -0.39 is 16.3 Å². The van der Waals surface area contributed by atoms with Crippen molar-refractivity contribution in [2.45, 2.75) is 6.92 Å². The fourth-order valence-corrected chi connectivity index (χ4v) is 1.60. The van der Waals surface area contributed by atoms with Gasteiger partial charge in [-0.25, -0.2) is 4.79 Å². The highest BCUT2D eigenvalue weighted by atomic mass is 32.2.